The van der Waals surface area contributed by atoms with Gasteiger partial charge in [-0.3, -0.25) is 9.69 Å². The summed E-state index contributed by atoms with van der Waals surface area (Å²) in [6, 6.07) is 13.0. The quantitative estimate of drug-likeness (QED) is 0.550. The first kappa shape index (κ1) is 29.2. The van der Waals surface area contributed by atoms with Crippen LogP contribution in [0.4, 0.5) is 10.5 Å². The summed E-state index contributed by atoms with van der Waals surface area (Å²) in [6.45, 7) is 13.2. The lowest BCUT2D eigenvalue weighted by Crippen LogP contribution is -2.55. The van der Waals surface area contributed by atoms with Crippen LogP contribution in [0.25, 0.3) is 0 Å². The topological polar surface area (TPSA) is 85.0 Å². The number of hydrogen-bond donors (Lipinski definition) is 0. The smallest absolute Gasteiger partial charge is 0.410 e. The van der Waals surface area contributed by atoms with Crippen molar-refractivity contribution in [2.45, 2.75) is 84.3 Å². The molecule has 9 nitrogen and oxygen atoms in total. The molecule has 2 aromatic rings. The molecule has 0 bridgehead atoms. The molecule has 41 heavy (non-hydrogen) atoms. The molecule has 0 radical (unpaired) electrons. The van der Waals surface area contributed by atoms with Crippen molar-refractivity contribution >= 4 is 11.8 Å². The van der Waals surface area contributed by atoms with Gasteiger partial charge in [0.05, 0.1) is 5.69 Å². The fourth-order valence-electron chi connectivity index (χ4n) is 6.60. The third-order valence-electron chi connectivity index (χ3n) is 8.70. The highest BCUT2D eigenvalue weighted by molar-refractivity contribution is 5.70. The highest BCUT2D eigenvalue weighted by Gasteiger charge is 2.36. The molecule has 0 spiro atoms. The Balaban J connectivity index is 1.50. The molecule has 3 aliphatic rings. The van der Waals surface area contributed by atoms with E-state index >= 15 is 0 Å². The average molecular weight is 561 g/mol. The van der Waals surface area contributed by atoms with Gasteiger partial charge in [-0.05, 0) is 71.7 Å². The molecule has 2 atom stereocenters. The van der Waals surface area contributed by atoms with E-state index in [1.807, 2.05) is 31.4 Å². The van der Waals surface area contributed by atoms with Crippen LogP contribution in [0.2, 0.25) is 0 Å². The maximum atomic E-state index is 14.1. The highest BCUT2D eigenvalue weighted by atomic mass is 16.6. The van der Waals surface area contributed by atoms with Gasteiger partial charge in [0.2, 0.25) is 0 Å². The van der Waals surface area contributed by atoms with Crippen molar-refractivity contribution in [3.63, 3.8) is 0 Å². The molecule has 0 aliphatic carbocycles. The lowest BCUT2D eigenvalue weighted by molar-refractivity contribution is 0.0218. The van der Waals surface area contributed by atoms with Crippen LogP contribution in [-0.2, 0) is 30.8 Å². The van der Waals surface area contributed by atoms with Gasteiger partial charge in [0.15, 0.2) is 0 Å². The van der Waals surface area contributed by atoms with Crippen molar-refractivity contribution in [3.8, 4) is 6.07 Å². The number of rotatable bonds is 5. The number of benzene rings is 1. The molecule has 0 N–H and O–H groups in total. The SMILES string of the molecule is CC1CN(C(=O)OC(C)(C)C)CCN1c1c2c(n(C[C@@H]3CCCN3C)c(=O)c1C#N)CN(Cc1ccccc1)CC2. The van der Waals surface area contributed by atoms with Crippen molar-refractivity contribution in [2.75, 3.05) is 44.7 Å². The van der Waals surface area contributed by atoms with Gasteiger partial charge in [-0.1, -0.05) is 30.3 Å². The van der Waals surface area contributed by atoms with Crippen LogP contribution in [0, 0.1) is 11.3 Å². The molecule has 1 amide bonds. The molecule has 9 heteroatoms. The Morgan fingerprint density at radius 3 is 2.51 bits per heavy atom. The summed E-state index contributed by atoms with van der Waals surface area (Å²) in [4.78, 5) is 35.6. The minimum atomic E-state index is -0.561. The van der Waals surface area contributed by atoms with Gasteiger partial charge in [0.25, 0.3) is 5.56 Å². The van der Waals surface area contributed by atoms with E-state index in [0.717, 1.165) is 55.8 Å². The molecule has 5 rings (SSSR count). The van der Waals surface area contributed by atoms with Gasteiger partial charge in [-0.15, -0.1) is 0 Å². The van der Waals surface area contributed by atoms with E-state index < -0.39 is 5.60 Å². The summed E-state index contributed by atoms with van der Waals surface area (Å²) in [6.07, 6.45) is 2.63. The zero-order chi connectivity index (χ0) is 29.3. The second kappa shape index (κ2) is 11.9. The number of ether oxygens (including phenoxy) is 1. The summed E-state index contributed by atoms with van der Waals surface area (Å²) < 4.78 is 7.54. The predicted octanol–water partition coefficient (Wildman–Crippen LogP) is 3.82. The molecule has 1 unspecified atom stereocenters. The lowest BCUT2D eigenvalue weighted by Gasteiger charge is -2.43. The number of piperazine rings is 1. The number of aromatic nitrogens is 1. The molecule has 220 valence electrons. The van der Waals surface area contributed by atoms with Gasteiger partial charge in [-0.25, -0.2) is 4.79 Å². The van der Waals surface area contributed by atoms with E-state index in [9.17, 15) is 14.9 Å². The molecular formula is C32H44N6O3. The number of likely N-dealkylation sites (tertiary alicyclic amines) is 1. The van der Waals surface area contributed by atoms with E-state index in [0.29, 0.717) is 32.7 Å². The van der Waals surface area contributed by atoms with E-state index in [2.05, 4.69) is 59.0 Å². The zero-order valence-electron chi connectivity index (χ0n) is 25.2. The fraction of sp³-hybridized carbons (Fsp3) is 0.594. The number of amides is 1. The van der Waals surface area contributed by atoms with Crippen molar-refractivity contribution < 1.29 is 9.53 Å². The molecule has 2 saturated heterocycles. The van der Waals surface area contributed by atoms with Crippen molar-refractivity contribution in [2.24, 2.45) is 0 Å². The summed E-state index contributed by atoms with van der Waals surface area (Å²) in [5.74, 6) is 0. The van der Waals surface area contributed by atoms with E-state index in [1.165, 1.54) is 5.56 Å². The first-order chi connectivity index (χ1) is 19.6. The third-order valence-corrected chi connectivity index (χ3v) is 8.70. The first-order valence-electron chi connectivity index (χ1n) is 15.0. The predicted molar refractivity (Wildman–Crippen MR) is 160 cm³/mol. The number of fused-ring (bicyclic) bond motifs is 1. The van der Waals surface area contributed by atoms with E-state index in [1.54, 1.807) is 4.90 Å². The number of nitrogens with zero attached hydrogens (tertiary/aromatic N) is 6. The first-order valence-corrected chi connectivity index (χ1v) is 15.0. The van der Waals surface area contributed by atoms with Crippen molar-refractivity contribution in [3.05, 3.63) is 63.1 Å². The second-order valence-corrected chi connectivity index (χ2v) is 12.9. The zero-order valence-corrected chi connectivity index (χ0v) is 25.2. The Hall–Kier alpha value is -3.35. The molecule has 3 aliphatic heterocycles. The molecule has 0 saturated carbocycles. The molecular weight excluding hydrogens is 516 g/mol. The van der Waals surface area contributed by atoms with Gasteiger partial charge in [-0.2, -0.15) is 5.26 Å². The monoisotopic (exact) mass is 560 g/mol. The van der Waals surface area contributed by atoms with Gasteiger partial charge < -0.3 is 24.0 Å². The third kappa shape index (κ3) is 6.29. The molecule has 4 heterocycles. The Morgan fingerprint density at radius 2 is 1.88 bits per heavy atom. The Morgan fingerprint density at radius 1 is 1.12 bits per heavy atom. The normalized spacial score (nSPS) is 22.0. The summed E-state index contributed by atoms with van der Waals surface area (Å²) in [7, 11) is 2.13. The number of hydrogen-bond acceptors (Lipinski definition) is 7. The average Bonchev–Trinajstić information content (AvgIpc) is 3.34. The van der Waals surface area contributed by atoms with Crippen LogP contribution in [0.1, 0.15) is 62.9 Å². The molecule has 1 aromatic heterocycles. The number of carbonyl (C=O) groups is 1. The molecule has 2 fully saturated rings. The van der Waals surface area contributed by atoms with Gasteiger partial charge >= 0.3 is 6.09 Å². The Kier molecular flexibility index (Phi) is 8.44. The van der Waals surface area contributed by atoms with Crippen LogP contribution in [-0.4, -0.2) is 82.8 Å². The second-order valence-electron chi connectivity index (χ2n) is 12.9. The summed E-state index contributed by atoms with van der Waals surface area (Å²) >= 11 is 0. The number of pyridine rings is 1. The van der Waals surface area contributed by atoms with Crippen molar-refractivity contribution in [1.82, 2.24) is 19.3 Å². The Bertz CT molecular complexity index is 1360. The standard InChI is InChI=1S/C32H44N6O3/c1-23-19-36(31(40)41-32(2,3)4)16-17-37(23)29-26-13-15-35(20-24-10-7-6-8-11-24)22-28(26)38(30(39)27(29)18-33)21-25-12-9-14-34(25)5/h6-8,10-11,23,25H,9,12-17,19-22H2,1-5H3/t23?,25-/m0/s1. The van der Waals surface area contributed by atoms with Crippen LogP contribution in [0.5, 0.6) is 0 Å². The number of likely N-dealkylation sites (N-methyl/N-ethyl adjacent to an activating group) is 1. The minimum absolute atomic E-state index is 0.0639. The largest absolute Gasteiger partial charge is 0.444 e. The lowest BCUT2D eigenvalue weighted by atomic mass is 9.96. The van der Waals surface area contributed by atoms with Crippen molar-refractivity contribution in [1.29, 1.82) is 5.26 Å². The van der Waals surface area contributed by atoms with Gasteiger partial charge in [0, 0.05) is 63.6 Å². The summed E-state index contributed by atoms with van der Waals surface area (Å²) in [5, 5.41) is 10.4. The van der Waals surface area contributed by atoms with E-state index in [4.69, 9.17) is 4.74 Å². The summed E-state index contributed by atoms with van der Waals surface area (Å²) in [5.41, 5.74) is 3.66. The highest BCUT2D eigenvalue weighted by Crippen LogP contribution is 2.34. The fourth-order valence-corrected chi connectivity index (χ4v) is 6.60. The maximum Gasteiger partial charge on any atom is 0.410 e. The van der Waals surface area contributed by atoms with Crippen LogP contribution in [0.15, 0.2) is 35.1 Å². The minimum Gasteiger partial charge on any atom is -0.444 e. The van der Waals surface area contributed by atoms with Gasteiger partial charge in [0.1, 0.15) is 17.2 Å². The van der Waals surface area contributed by atoms with Crippen LogP contribution in [0.3, 0.4) is 0 Å². The number of anilines is 1. The van der Waals surface area contributed by atoms with E-state index in [-0.39, 0.29) is 29.3 Å². The molecule has 1 aromatic carbocycles. The van der Waals surface area contributed by atoms with Crippen LogP contribution >= 0.6 is 0 Å². The number of nitriles is 1. The maximum absolute atomic E-state index is 14.1. The van der Waals surface area contributed by atoms with Crippen LogP contribution < -0.4 is 10.5 Å². The Labute approximate surface area is 243 Å². The number of carbonyl (C=O) groups excluding carboxylic acids is 1.